The van der Waals surface area contributed by atoms with Crippen LogP contribution in [0, 0.1) is 5.92 Å². The number of hydrogen-bond acceptors (Lipinski definition) is 6. The molecule has 0 radical (unpaired) electrons. The number of aromatic nitrogens is 6. The van der Waals surface area contributed by atoms with Crippen LogP contribution in [-0.4, -0.2) is 42.7 Å². The van der Waals surface area contributed by atoms with Gasteiger partial charge in [-0.15, -0.1) is 15.3 Å². The van der Waals surface area contributed by atoms with Crippen LogP contribution in [0.3, 0.4) is 0 Å². The maximum atomic E-state index is 12.2. The third kappa shape index (κ3) is 2.17. The van der Waals surface area contributed by atoms with E-state index in [1.54, 1.807) is 21.6 Å². The van der Waals surface area contributed by atoms with Crippen LogP contribution in [0.15, 0.2) is 29.3 Å². The van der Waals surface area contributed by atoms with Gasteiger partial charge in [-0.25, -0.2) is 4.68 Å². The van der Waals surface area contributed by atoms with Crippen molar-refractivity contribution < 1.29 is 0 Å². The van der Waals surface area contributed by atoms with E-state index in [2.05, 4.69) is 25.3 Å². The van der Waals surface area contributed by atoms with Gasteiger partial charge in [-0.1, -0.05) is 0 Å². The lowest BCUT2D eigenvalue weighted by atomic mass is 10.0. The fourth-order valence-electron chi connectivity index (χ4n) is 3.57. The first-order valence-corrected chi connectivity index (χ1v) is 8.28. The monoisotopic (exact) mass is 323 g/mol. The Bertz CT molecular complexity index is 970. The SMILES string of the molecule is O=c1cc2c(nn1CC1CN(c3ccc4nncn4n3)C1)CCC2. The zero-order valence-electron chi connectivity index (χ0n) is 13.2. The van der Waals surface area contributed by atoms with Gasteiger partial charge < -0.3 is 4.90 Å². The largest absolute Gasteiger partial charge is 0.354 e. The number of nitrogens with zero attached hydrogens (tertiary/aromatic N) is 7. The highest BCUT2D eigenvalue weighted by Crippen LogP contribution is 2.24. The molecular formula is C16H17N7O. The van der Waals surface area contributed by atoms with Gasteiger partial charge in [-0.3, -0.25) is 4.79 Å². The molecular weight excluding hydrogens is 306 g/mol. The fraction of sp³-hybridized carbons (Fsp3) is 0.438. The molecule has 0 N–H and O–H groups in total. The molecule has 3 aromatic heterocycles. The molecule has 8 heteroatoms. The van der Waals surface area contributed by atoms with E-state index in [-0.39, 0.29) is 5.56 Å². The highest BCUT2D eigenvalue weighted by molar-refractivity contribution is 5.46. The van der Waals surface area contributed by atoms with Crippen molar-refractivity contribution in [1.82, 2.24) is 29.6 Å². The number of fused-ring (bicyclic) bond motifs is 2. The molecule has 0 spiro atoms. The maximum Gasteiger partial charge on any atom is 0.267 e. The molecule has 1 fully saturated rings. The molecule has 2 aliphatic rings. The normalized spacial score (nSPS) is 17.2. The number of aryl methyl sites for hydroxylation is 2. The number of rotatable bonds is 3. The fourth-order valence-corrected chi connectivity index (χ4v) is 3.57. The van der Waals surface area contributed by atoms with E-state index in [0.717, 1.165) is 55.1 Å². The second kappa shape index (κ2) is 5.12. The van der Waals surface area contributed by atoms with Crippen molar-refractivity contribution in [1.29, 1.82) is 0 Å². The highest BCUT2D eigenvalue weighted by Gasteiger charge is 2.29. The molecule has 122 valence electrons. The molecule has 8 nitrogen and oxygen atoms in total. The average molecular weight is 323 g/mol. The van der Waals surface area contributed by atoms with Crippen molar-refractivity contribution in [3.63, 3.8) is 0 Å². The lowest BCUT2D eigenvalue weighted by Crippen LogP contribution is -2.50. The molecule has 1 saturated heterocycles. The molecule has 0 unspecified atom stereocenters. The van der Waals surface area contributed by atoms with Crippen LogP contribution in [0.25, 0.3) is 5.65 Å². The summed E-state index contributed by atoms with van der Waals surface area (Å²) in [6.07, 6.45) is 4.70. The van der Waals surface area contributed by atoms with Crippen molar-refractivity contribution in [2.24, 2.45) is 5.92 Å². The summed E-state index contributed by atoms with van der Waals surface area (Å²) in [6, 6.07) is 5.64. The smallest absolute Gasteiger partial charge is 0.267 e. The summed E-state index contributed by atoms with van der Waals surface area (Å²) in [6.45, 7) is 2.44. The Morgan fingerprint density at radius 2 is 2.08 bits per heavy atom. The topological polar surface area (TPSA) is 81.2 Å². The minimum Gasteiger partial charge on any atom is -0.354 e. The minimum absolute atomic E-state index is 0.0261. The molecule has 24 heavy (non-hydrogen) atoms. The van der Waals surface area contributed by atoms with Crippen molar-refractivity contribution in [2.75, 3.05) is 18.0 Å². The van der Waals surface area contributed by atoms with E-state index in [0.29, 0.717) is 12.5 Å². The van der Waals surface area contributed by atoms with Crippen LogP contribution in [0.4, 0.5) is 5.82 Å². The van der Waals surface area contributed by atoms with Crippen molar-refractivity contribution in [3.05, 3.63) is 46.1 Å². The third-order valence-electron chi connectivity index (χ3n) is 4.88. The Labute approximate surface area is 137 Å². The lowest BCUT2D eigenvalue weighted by molar-refractivity contribution is 0.330. The molecule has 0 bridgehead atoms. The summed E-state index contributed by atoms with van der Waals surface area (Å²) in [5.74, 6) is 1.33. The molecule has 4 heterocycles. The molecule has 0 atom stereocenters. The first-order chi connectivity index (χ1) is 11.8. The zero-order chi connectivity index (χ0) is 16.1. The Morgan fingerprint density at radius 1 is 1.17 bits per heavy atom. The second-order valence-corrected chi connectivity index (χ2v) is 6.59. The summed E-state index contributed by atoms with van der Waals surface area (Å²) in [5, 5.41) is 16.9. The van der Waals surface area contributed by atoms with Crippen LogP contribution < -0.4 is 10.5 Å². The van der Waals surface area contributed by atoms with Gasteiger partial charge >= 0.3 is 0 Å². The average Bonchev–Trinajstić information content (AvgIpc) is 3.17. The summed E-state index contributed by atoms with van der Waals surface area (Å²) in [5.41, 5.74) is 3.01. The number of hydrogen-bond donors (Lipinski definition) is 0. The van der Waals surface area contributed by atoms with Crippen LogP contribution >= 0.6 is 0 Å². The van der Waals surface area contributed by atoms with Crippen LogP contribution in [0.1, 0.15) is 17.7 Å². The van der Waals surface area contributed by atoms with Gasteiger partial charge in [0.05, 0.1) is 12.2 Å². The van der Waals surface area contributed by atoms with E-state index in [4.69, 9.17) is 0 Å². The second-order valence-electron chi connectivity index (χ2n) is 6.59. The summed E-state index contributed by atoms with van der Waals surface area (Å²) in [4.78, 5) is 14.4. The standard InChI is InChI=1S/C16H17N7O/c24-16-6-12-2-1-3-13(12)19-22(16)9-11-7-21(8-11)15-5-4-14-18-17-10-23(14)20-15/h4-6,10-11H,1-3,7-9H2. The van der Waals surface area contributed by atoms with Crippen molar-refractivity contribution in [2.45, 2.75) is 25.8 Å². The highest BCUT2D eigenvalue weighted by atomic mass is 16.1. The predicted molar refractivity (Wildman–Crippen MR) is 87.0 cm³/mol. The van der Waals surface area contributed by atoms with E-state index in [1.807, 2.05) is 12.1 Å². The number of anilines is 1. The molecule has 1 aliphatic carbocycles. The van der Waals surface area contributed by atoms with Gasteiger partial charge in [-0.2, -0.15) is 9.61 Å². The third-order valence-corrected chi connectivity index (χ3v) is 4.88. The van der Waals surface area contributed by atoms with E-state index >= 15 is 0 Å². The molecule has 3 aromatic rings. The van der Waals surface area contributed by atoms with Crippen LogP contribution in [0.5, 0.6) is 0 Å². The maximum absolute atomic E-state index is 12.2. The van der Waals surface area contributed by atoms with Crippen LogP contribution in [-0.2, 0) is 19.4 Å². The molecule has 0 saturated carbocycles. The van der Waals surface area contributed by atoms with Gasteiger partial charge in [0.15, 0.2) is 5.65 Å². The first kappa shape index (κ1) is 13.6. The van der Waals surface area contributed by atoms with Gasteiger partial charge in [0.2, 0.25) is 0 Å². The summed E-state index contributed by atoms with van der Waals surface area (Å²) < 4.78 is 3.32. The van der Waals surface area contributed by atoms with E-state index < -0.39 is 0 Å². The lowest BCUT2D eigenvalue weighted by Gasteiger charge is -2.39. The molecule has 5 rings (SSSR count). The Morgan fingerprint density at radius 3 is 3.00 bits per heavy atom. The predicted octanol–water partition coefficient (Wildman–Crippen LogP) is 0.306. The summed E-state index contributed by atoms with van der Waals surface area (Å²) in [7, 11) is 0. The Hall–Kier alpha value is -2.77. The van der Waals surface area contributed by atoms with E-state index in [9.17, 15) is 4.79 Å². The Kier molecular flexibility index (Phi) is 2.91. The molecule has 1 aliphatic heterocycles. The van der Waals surface area contributed by atoms with E-state index in [1.165, 1.54) is 0 Å². The zero-order valence-corrected chi connectivity index (χ0v) is 13.2. The van der Waals surface area contributed by atoms with Gasteiger partial charge in [-0.05, 0) is 37.0 Å². The molecule has 0 amide bonds. The van der Waals surface area contributed by atoms with Gasteiger partial charge in [0, 0.05) is 25.1 Å². The van der Waals surface area contributed by atoms with Crippen molar-refractivity contribution >= 4 is 11.5 Å². The quantitative estimate of drug-likeness (QED) is 0.690. The summed E-state index contributed by atoms with van der Waals surface area (Å²) >= 11 is 0. The Balaban J connectivity index is 1.29. The minimum atomic E-state index is 0.0261. The van der Waals surface area contributed by atoms with Crippen molar-refractivity contribution in [3.8, 4) is 0 Å². The van der Waals surface area contributed by atoms with Gasteiger partial charge in [0.1, 0.15) is 12.1 Å². The van der Waals surface area contributed by atoms with Gasteiger partial charge in [0.25, 0.3) is 5.56 Å². The molecule has 0 aromatic carbocycles. The first-order valence-electron chi connectivity index (χ1n) is 8.28. The van der Waals surface area contributed by atoms with Crippen LogP contribution in [0.2, 0.25) is 0 Å².